The van der Waals surface area contributed by atoms with Crippen molar-refractivity contribution < 1.29 is 29.3 Å². The zero-order chi connectivity index (χ0) is 23.4. The monoisotopic (exact) mass is 452 g/mol. The molecule has 0 heterocycles. The maximum Gasteiger partial charge on any atom is 0.407 e. The molecule has 1 fully saturated rings. The number of aliphatic hydroxyl groups excluding tert-OH is 1. The normalized spacial score (nSPS) is 16.3. The summed E-state index contributed by atoms with van der Waals surface area (Å²) in [7, 11) is 0. The summed E-state index contributed by atoms with van der Waals surface area (Å²) in [5, 5.41) is 23.3. The summed E-state index contributed by atoms with van der Waals surface area (Å²) in [6, 6.07) is 14.6. The van der Waals surface area contributed by atoms with Crippen molar-refractivity contribution in [2.75, 3.05) is 13.2 Å². The number of aliphatic hydroxyl groups is 1. The van der Waals surface area contributed by atoms with Crippen molar-refractivity contribution in [3.05, 3.63) is 59.7 Å². The molecule has 4 rings (SSSR count). The highest BCUT2D eigenvalue weighted by Crippen LogP contribution is 2.44. The zero-order valence-electron chi connectivity index (χ0n) is 18.2. The van der Waals surface area contributed by atoms with Gasteiger partial charge in [-0.1, -0.05) is 48.5 Å². The molecule has 0 radical (unpaired) electrons. The fourth-order valence-corrected chi connectivity index (χ4v) is 4.47. The molecule has 0 bridgehead atoms. The van der Waals surface area contributed by atoms with Gasteiger partial charge in [-0.05, 0) is 41.0 Å². The molecule has 2 atom stereocenters. The third-order valence-corrected chi connectivity index (χ3v) is 6.29. The minimum absolute atomic E-state index is 0.0376. The summed E-state index contributed by atoms with van der Waals surface area (Å²) in [6.45, 7) is -0.164. The van der Waals surface area contributed by atoms with Crippen LogP contribution in [0.4, 0.5) is 4.79 Å². The molecule has 174 valence electrons. The lowest BCUT2D eigenvalue weighted by atomic mass is 9.98. The van der Waals surface area contributed by atoms with Crippen molar-refractivity contribution >= 4 is 18.0 Å². The fourth-order valence-electron chi connectivity index (χ4n) is 4.47. The molecule has 1 saturated carbocycles. The Balaban J connectivity index is 1.35. The van der Waals surface area contributed by atoms with Gasteiger partial charge in [-0.3, -0.25) is 4.79 Å². The van der Waals surface area contributed by atoms with E-state index in [4.69, 9.17) is 14.9 Å². The topological polar surface area (TPSA) is 125 Å². The average Bonchev–Trinajstić information content (AvgIpc) is 3.60. The van der Waals surface area contributed by atoms with Gasteiger partial charge in [-0.25, -0.2) is 9.59 Å². The molecular formula is C25H28N2O6. The second kappa shape index (κ2) is 10.0. The predicted molar refractivity (Wildman–Crippen MR) is 121 cm³/mol. The van der Waals surface area contributed by atoms with Crippen LogP contribution in [0.25, 0.3) is 11.1 Å². The number of carbonyl (C=O) groups is 3. The van der Waals surface area contributed by atoms with E-state index in [-0.39, 0.29) is 37.9 Å². The van der Waals surface area contributed by atoms with E-state index in [0.29, 0.717) is 0 Å². The molecule has 0 aliphatic heterocycles. The van der Waals surface area contributed by atoms with E-state index >= 15 is 0 Å². The molecule has 4 N–H and O–H groups in total. The van der Waals surface area contributed by atoms with Gasteiger partial charge in [-0.15, -0.1) is 0 Å². The molecule has 2 amide bonds. The van der Waals surface area contributed by atoms with Gasteiger partial charge in [0.25, 0.3) is 0 Å². The van der Waals surface area contributed by atoms with E-state index in [9.17, 15) is 14.4 Å². The molecule has 33 heavy (non-hydrogen) atoms. The Morgan fingerprint density at radius 3 is 2.12 bits per heavy atom. The molecule has 2 aliphatic rings. The highest BCUT2D eigenvalue weighted by Gasteiger charge is 2.35. The van der Waals surface area contributed by atoms with Gasteiger partial charge in [-0.2, -0.15) is 0 Å². The Morgan fingerprint density at radius 2 is 1.58 bits per heavy atom. The molecular weight excluding hydrogens is 424 g/mol. The number of rotatable bonds is 10. The maximum atomic E-state index is 12.6. The number of fused-ring (bicyclic) bond motifs is 3. The molecule has 0 spiro atoms. The van der Waals surface area contributed by atoms with Gasteiger partial charge in [0, 0.05) is 31.4 Å². The molecule has 0 saturated heterocycles. The minimum atomic E-state index is -1.20. The van der Waals surface area contributed by atoms with Gasteiger partial charge >= 0.3 is 12.1 Å². The Morgan fingerprint density at radius 1 is 0.970 bits per heavy atom. The SMILES string of the molecule is O=C(CC(NC(=O)OCC1c2ccccc2-c2ccccc21)C1CC1)N[C@@H](CCO)C(=O)O. The number of amides is 2. The first-order valence-corrected chi connectivity index (χ1v) is 11.2. The van der Waals surface area contributed by atoms with Crippen LogP contribution in [-0.4, -0.2) is 53.5 Å². The maximum absolute atomic E-state index is 12.6. The summed E-state index contributed by atoms with van der Waals surface area (Å²) < 4.78 is 5.58. The summed E-state index contributed by atoms with van der Waals surface area (Å²) in [5.41, 5.74) is 4.53. The molecule has 8 nitrogen and oxygen atoms in total. The Kier molecular flexibility index (Phi) is 6.93. The van der Waals surface area contributed by atoms with E-state index in [1.807, 2.05) is 36.4 Å². The average molecular weight is 453 g/mol. The number of alkyl carbamates (subject to hydrolysis) is 1. The van der Waals surface area contributed by atoms with Gasteiger partial charge in [0.2, 0.25) is 5.91 Å². The Hall–Kier alpha value is -3.39. The van der Waals surface area contributed by atoms with Gasteiger partial charge in [0.15, 0.2) is 0 Å². The Bertz CT molecular complexity index is 990. The molecule has 0 aromatic heterocycles. The van der Waals surface area contributed by atoms with Gasteiger partial charge < -0.3 is 25.6 Å². The summed E-state index contributed by atoms with van der Waals surface area (Å²) >= 11 is 0. The van der Waals surface area contributed by atoms with Crippen LogP contribution >= 0.6 is 0 Å². The second-order valence-electron chi connectivity index (χ2n) is 8.59. The fraction of sp³-hybridized carbons (Fsp3) is 0.400. The lowest BCUT2D eigenvalue weighted by molar-refractivity contribution is -0.142. The number of benzene rings is 2. The van der Waals surface area contributed by atoms with E-state index in [1.54, 1.807) is 0 Å². The van der Waals surface area contributed by atoms with Crippen LogP contribution in [0, 0.1) is 5.92 Å². The second-order valence-corrected chi connectivity index (χ2v) is 8.59. The zero-order valence-corrected chi connectivity index (χ0v) is 18.2. The first kappa shape index (κ1) is 22.8. The molecule has 2 aromatic carbocycles. The summed E-state index contributed by atoms with van der Waals surface area (Å²) in [5.74, 6) is -1.57. The lowest BCUT2D eigenvalue weighted by Crippen LogP contribution is -2.46. The van der Waals surface area contributed by atoms with E-state index in [1.165, 1.54) is 0 Å². The molecule has 1 unspecified atom stereocenters. The number of carbonyl (C=O) groups excluding carboxylic acids is 2. The minimum Gasteiger partial charge on any atom is -0.480 e. The van der Waals surface area contributed by atoms with Crippen molar-refractivity contribution in [1.29, 1.82) is 0 Å². The van der Waals surface area contributed by atoms with Crippen molar-refractivity contribution in [3.8, 4) is 11.1 Å². The highest BCUT2D eigenvalue weighted by atomic mass is 16.5. The quantitative estimate of drug-likeness (QED) is 0.439. The highest BCUT2D eigenvalue weighted by molar-refractivity contribution is 5.84. The van der Waals surface area contributed by atoms with Crippen molar-refractivity contribution in [2.45, 2.75) is 43.7 Å². The number of carboxylic acids is 1. The van der Waals surface area contributed by atoms with Crippen LogP contribution in [0.5, 0.6) is 0 Å². The molecule has 8 heteroatoms. The summed E-state index contributed by atoms with van der Waals surface area (Å²) in [4.78, 5) is 36.1. The van der Waals surface area contributed by atoms with Crippen molar-refractivity contribution in [3.63, 3.8) is 0 Å². The van der Waals surface area contributed by atoms with Crippen LogP contribution in [0.2, 0.25) is 0 Å². The third-order valence-electron chi connectivity index (χ3n) is 6.29. The first-order valence-electron chi connectivity index (χ1n) is 11.2. The number of hydrogen-bond donors (Lipinski definition) is 4. The predicted octanol–water partition coefficient (Wildman–Crippen LogP) is 2.65. The summed E-state index contributed by atoms with van der Waals surface area (Å²) in [6.07, 6.45) is 1.08. The van der Waals surface area contributed by atoms with Crippen molar-refractivity contribution in [2.24, 2.45) is 5.92 Å². The van der Waals surface area contributed by atoms with Gasteiger partial charge in [0.1, 0.15) is 12.6 Å². The van der Waals surface area contributed by atoms with Crippen LogP contribution in [-0.2, 0) is 14.3 Å². The number of nitrogens with one attached hydrogen (secondary N) is 2. The van der Waals surface area contributed by atoms with Crippen LogP contribution in [0.1, 0.15) is 42.7 Å². The number of ether oxygens (including phenoxy) is 1. The van der Waals surface area contributed by atoms with E-state index in [2.05, 4.69) is 22.8 Å². The molecule has 2 aliphatic carbocycles. The number of hydrogen-bond acceptors (Lipinski definition) is 5. The van der Waals surface area contributed by atoms with Crippen LogP contribution < -0.4 is 10.6 Å². The molecule has 2 aromatic rings. The lowest BCUT2D eigenvalue weighted by Gasteiger charge is -2.20. The number of aliphatic carboxylic acids is 1. The van der Waals surface area contributed by atoms with Gasteiger partial charge in [0.05, 0.1) is 0 Å². The number of carboxylic acid groups (broad SMARTS) is 1. The van der Waals surface area contributed by atoms with E-state index < -0.39 is 30.1 Å². The first-order chi connectivity index (χ1) is 16.0. The van der Waals surface area contributed by atoms with Crippen molar-refractivity contribution in [1.82, 2.24) is 10.6 Å². The Labute approximate surface area is 192 Å². The van der Waals surface area contributed by atoms with Crippen LogP contribution in [0.15, 0.2) is 48.5 Å². The largest absolute Gasteiger partial charge is 0.480 e. The standard InChI is InChI=1S/C25H28N2O6/c28-12-11-21(24(30)31)26-23(29)13-22(15-9-10-15)27-25(32)33-14-20-18-7-3-1-5-16(18)17-6-2-4-8-19(17)20/h1-8,15,20-22,28H,9-14H2,(H,26,29)(H,27,32)(H,30,31)/t21-,22?/m0/s1. The van der Waals surface area contributed by atoms with E-state index in [0.717, 1.165) is 35.1 Å². The smallest absolute Gasteiger partial charge is 0.407 e. The van der Waals surface area contributed by atoms with Crippen LogP contribution in [0.3, 0.4) is 0 Å². The third kappa shape index (κ3) is 5.34.